The van der Waals surface area contributed by atoms with E-state index >= 15 is 0 Å². The molecular formula is C25H27N7O2. The zero-order chi connectivity index (χ0) is 23.2. The first-order chi connectivity index (χ1) is 16.3. The Bertz CT molecular complexity index is 1520. The average molecular weight is 458 g/mol. The molecule has 2 N–H and O–H groups in total. The van der Waals surface area contributed by atoms with Crippen molar-refractivity contribution < 1.29 is 5.11 Å². The normalized spacial score (nSPS) is 29.9. The van der Waals surface area contributed by atoms with Gasteiger partial charge in [-0.15, -0.1) is 0 Å². The molecule has 0 spiro atoms. The fraction of sp³-hybridized carbons (Fsp3) is 0.480. The van der Waals surface area contributed by atoms with Gasteiger partial charge in [0.1, 0.15) is 5.52 Å². The number of aromatic nitrogens is 6. The van der Waals surface area contributed by atoms with Crippen LogP contribution in [0.4, 0.5) is 11.6 Å². The fourth-order valence-electron chi connectivity index (χ4n) is 7.40. The molecule has 9 nitrogen and oxygen atoms in total. The molecule has 0 radical (unpaired) electrons. The summed E-state index contributed by atoms with van der Waals surface area (Å²) >= 11 is 0. The predicted octanol–water partition coefficient (Wildman–Crippen LogP) is 3.17. The third kappa shape index (κ3) is 2.79. The number of aliphatic hydroxyl groups is 1. The topological polar surface area (TPSA) is 111 Å². The Kier molecular flexibility index (Phi) is 3.91. The van der Waals surface area contributed by atoms with Crippen LogP contribution in [0.2, 0.25) is 0 Å². The first-order valence-electron chi connectivity index (χ1n) is 12.0. The van der Waals surface area contributed by atoms with E-state index in [0.717, 1.165) is 54.4 Å². The van der Waals surface area contributed by atoms with Gasteiger partial charge in [-0.05, 0) is 75.0 Å². The second kappa shape index (κ2) is 6.63. The quantitative estimate of drug-likeness (QED) is 0.486. The highest BCUT2D eigenvalue weighted by molar-refractivity contribution is 5.82. The van der Waals surface area contributed by atoms with Crippen LogP contribution >= 0.6 is 0 Å². The molecule has 0 aliphatic heterocycles. The van der Waals surface area contributed by atoms with Crippen molar-refractivity contribution in [3.05, 3.63) is 46.8 Å². The van der Waals surface area contributed by atoms with Crippen molar-refractivity contribution in [1.29, 1.82) is 0 Å². The average Bonchev–Trinajstić information content (AvgIpc) is 3.03. The van der Waals surface area contributed by atoms with Gasteiger partial charge < -0.3 is 10.4 Å². The van der Waals surface area contributed by atoms with Crippen LogP contribution in [0.15, 0.2) is 35.5 Å². The smallest absolute Gasteiger partial charge is 0.330 e. The highest BCUT2D eigenvalue weighted by Gasteiger charge is 2.59. The lowest BCUT2D eigenvalue weighted by atomic mass is 9.51. The Morgan fingerprint density at radius 2 is 1.76 bits per heavy atom. The molecule has 2 atom stereocenters. The summed E-state index contributed by atoms with van der Waals surface area (Å²) in [7, 11) is 1.78. The maximum atomic E-state index is 13.5. The first kappa shape index (κ1) is 20.1. The Hall–Kier alpha value is -3.33. The van der Waals surface area contributed by atoms with Crippen molar-refractivity contribution in [3.63, 3.8) is 0 Å². The van der Waals surface area contributed by atoms with E-state index in [-0.39, 0.29) is 11.2 Å². The van der Waals surface area contributed by atoms with Gasteiger partial charge >= 0.3 is 5.69 Å². The number of aryl methyl sites for hydroxylation is 2. The molecule has 3 heterocycles. The van der Waals surface area contributed by atoms with Crippen LogP contribution in [0.25, 0.3) is 22.2 Å². The maximum absolute atomic E-state index is 13.5. The van der Waals surface area contributed by atoms with Crippen LogP contribution in [0.5, 0.6) is 0 Å². The minimum atomic E-state index is -0.664. The molecule has 4 aliphatic carbocycles. The number of benzene rings is 1. The Morgan fingerprint density at radius 1 is 1.06 bits per heavy atom. The SMILES string of the molecule is Cc1cc2nccnc2cc1Nc1ncc2c(n1)n(C13CC4CC(CC(O)(C4)C1)C3)c(=O)n2C. The first-order valence-corrected chi connectivity index (χ1v) is 12.0. The standard InChI is InChI=1S/C25H27N7O2/c1-14-5-18-19(27-4-3-26-18)7-17(14)29-22-28-12-20-21(30-22)32(23(33)31(20)2)24-8-15-6-16(9-24)11-25(34,10-15)13-24/h3-5,7,12,15-16,34H,6,8-11,13H2,1-2H3,(H,28,29,30). The number of anilines is 2. The van der Waals surface area contributed by atoms with Gasteiger partial charge in [0.05, 0.1) is 28.4 Å². The second-order valence-electron chi connectivity index (χ2n) is 10.8. The molecule has 3 aromatic heterocycles. The number of rotatable bonds is 3. The van der Waals surface area contributed by atoms with Crippen LogP contribution in [-0.4, -0.2) is 39.8 Å². The van der Waals surface area contributed by atoms with E-state index in [1.807, 2.05) is 23.6 Å². The summed E-state index contributed by atoms with van der Waals surface area (Å²) in [6.07, 6.45) is 10.4. The molecule has 1 aromatic carbocycles. The van der Waals surface area contributed by atoms with Gasteiger partial charge in [0.15, 0.2) is 5.65 Å². The van der Waals surface area contributed by atoms with Crippen LogP contribution in [-0.2, 0) is 12.6 Å². The van der Waals surface area contributed by atoms with E-state index in [9.17, 15) is 9.90 Å². The summed E-state index contributed by atoms with van der Waals surface area (Å²) in [5.74, 6) is 1.37. The van der Waals surface area contributed by atoms with E-state index in [0.29, 0.717) is 35.4 Å². The number of nitrogens with one attached hydrogen (secondary N) is 1. The number of fused-ring (bicyclic) bond motifs is 2. The van der Waals surface area contributed by atoms with Gasteiger partial charge in [-0.2, -0.15) is 4.98 Å². The predicted molar refractivity (Wildman–Crippen MR) is 128 cm³/mol. The molecule has 174 valence electrons. The molecule has 0 saturated heterocycles. The minimum absolute atomic E-state index is 0.0795. The van der Waals surface area contributed by atoms with Gasteiger partial charge in [-0.25, -0.2) is 9.78 Å². The summed E-state index contributed by atoms with van der Waals surface area (Å²) < 4.78 is 3.52. The highest BCUT2D eigenvalue weighted by atomic mass is 16.3. The molecule has 2 unspecified atom stereocenters. The Morgan fingerprint density at radius 3 is 2.47 bits per heavy atom. The van der Waals surface area contributed by atoms with Gasteiger partial charge in [0.2, 0.25) is 5.95 Å². The van der Waals surface area contributed by atoms with Crippen LogP contribution in [0.1, 0.15) is 44.1 Å². The summed E-state index contributed by atoms with van der Waals surface area (Å²) in [5.41, 5.74) is 3.69. The molecule has 0 amide bonds. The lowest BCUT2D eigenvalue weighted by Gasteiger charge is -2.60. The van der Waals surface area contributed by atoms with Crippen molar-refractivity contribution in [2.75, 3.05) is 5.32 Å². The molecule has 4 aliphatic rings. The lowest BCUT2D eigenvalue weighted by molar-refractivity contribution is -0.156. The molecular weight excluding hydrogens is 430 g/mol. The van der Waals surface area contributed by atoms with E-state index in [1.54, 1.807) is 30.2 Å². The Balaban J connectivity index is 1.35. The summed E-state index contributed by atoms with van der Waals surface area (Å²) in [6, 6.07) is 3.93. The van der Waals surface area contributed by atoms with Crippen molar-refractivity contribution in [2.45, 2.75) is 56.6 Å². The van der Waals surface area contributed by atoms with E-state index in [1.165, 1.54) is 0 Å². The largest absolute Gasteiger partial charge is 0.390 e. The third-order valence-corrected chi connectivity index (χ3v) is 8.34. The van der Waals surface area contributed by atoms with E-state index < -0.39 is 5.60 Å². The van der Waals surface area contributed by atoms with Crippen molar-refractivity contribution >= 4 is 33.8 Å². The second-order valence-corrected chi connectivity index (χ2v) is 10.8. The van der Waals surface area contributed by atoms with Crippen molar-refractivity contribution in [3.8, 4) is 0 Å². The number of imidazole rings is 1. The number of nitrogens with zero attached hydrogens (tertiary/aromatic N) is 6. The van der Waals surface area contributed by atoms with Gasteiger partial charge in [-0.1, -0.05) is 0 Å². The molecule has 9 heteroatoms. The molecule has 4 aromatic rings. The number of hydrogen-bond donors (Lipinski definition) is 2. The monoisotopic (exact) mass is 457 g/mol. The molecule has 4 saturated carbocycles. The lowest BCUT2D eigenvalue weighted by Crippen LogP contribution is -2.61. The van der Waals surface area contributed by atoms with Crippen LogP contribution in [0, 0.1) is 18.8 Å². The highest BCUT2D eigenvalue weighted by Crippen LogP contribution is 2.60. The van der Waals surface area contributed by atoms with Crippen LogP contribution in [0.3, 0.4) is 0 Å². The van der Waals surface area contributed by atoms with Gasteiger partial charge in [-0.3, -0.25) is 19.1 Å². The summed E-state index contributed by atoms with van der Waals surface area (Å²) in [4.78, 5) is 31.7. The molecule has 34 heavy (non-hydrogen) atoms. The third-order valence-electron chi connectivity index (χ3n) is 8.34. The van der Waals surface area contributed by atoms with Crippen molar-refractivity contribution in [1.82, 2.24) is 29.1 Å². The summed E-state index contributed by atoms with van der Waals surface area (Å²) in [5, 5.41) is 14.6. The fourth-order valence-corrected chi connectivity index (χ4v) is 7.40. The van der Waals surface area contributed by atoms with E-state index in [2.05, 4.69) is 20.3 Å². The molecule has 4 bridgehead atoms. The van der Waals surface area contributed by atoms with Gasteiger partial charge in [0, 0.05) is 25.1 Å². The minimum Gasteiger partial charge on any atom is -0.390 e. The van der Waals surface area contributed by atoms with E-state index in [4.69, 9.17) is 4.98 Å². The summed E-state index contributed by atoms with van der Waals surface area (Å²) in [6.45, 7) is 2.00. The van der Waals surface area contributed by atoms with Crippen LogP contribution < -0.4 is 11.0 Å². The molecule has 8 rings (SSSR count). The van der Waals surface area contributed by atoms with Gasteiger partial charge in [0.25, 0.3) is 0 Å². The zero-order valence-electron chi connectivity index (χ0n) is 19.3. The molecule has 4 fully saturated rings. The Labute approximate surface area is 195 Å². The zero-order valence-corrected chi connectivity index (χ0v) is 19.3. The number of hydrogen-bond acceptors (Lipinski definition) is 7. The maximum Gasteiger partial charge on any atom is 0.330 e. The van der Waals surface area contributed by atoms with Crippen molar-refractivity contribution in [2.24, 2.45) is 18.9 Å².